The highest BCUT2D eigenvalue weighted by Crippen LogP contribution is 2.19. The predicted octanol–water partition coefficient (Wildman–Crippen LogP) is 3.55. The summed E-state index contributed by atoms with van der Waals surface area (Å²) in [5.74, 6) is 1.21. The van der Waals surface area contributed by atoms with Crippen LogP contribution in [0.3, 0.4) is 0 Å². The SMILES string of the molecule is CC(=O)Nc1ccc(/C(C)=N/Nc2nc(Nc3ccc(C)cc3)nc(N3CCOCC3)n2)cc1. The van der Waals surface area contributed by atoms with E-state index in [0.29, 0.717) is 44.1 Å². The second-order valence-electron chi connectivity index (χ2n) is 7.94. The number of benzene rings is 2. The molecule has 3 N–H and O–H groups in total. The summed E-state index contributed by atoms with van der Waals surface area (Å²) in [6.07, 6.45) is 0. The van der Waals surface area contributed by atoms with E-state index in [2.05, 4.69) is 41.0 Å². The number of aryl methyl sites for hydroxylation is 1. The quantitative estimate of drug-likeness (QED) is 0.362. The Bertz CT molecular complexity index is 1160. The lowest BCUT2D eigenvalue weighted by Crippen LogP contribution is -2.37. The van der Waals surface area contributed by atoms with Crippen LogP contribution in [0.25, 0.3) is 0 Å². The summed E-state index contributed by atoms with van der Waals surface area (Å²) in [6, 6.07) is 15.5. The van der Waals surface area contributed by atoms with Crippen LogP contribution in [0, 0.1) is 6.92 Å². The Morgan fingerprint density at radius 3 is 2.24 bits per heavy atom. The van der Waals surface area contributed by atoms with Gasteiger partial charge in [0.25, 0.3) is 0 Å². The highest BCUT2D eigenvalue weighted by atomic mass is 16.5. The Morgan fingerprint density at radius 1 is 0.912 bits per heavy atom. The lowest BCUT2D eigenvalue weighted by molar-refractivity contribution is -0.114. The number of morpholine rings is 1. The van der Waals surface area contributed by atoms with Crippen LogP contribution < -0.4 is 21.0 Å². The van der Waals surface area contributed by atoms with Crippen LogP contribution in [0.2, 0.25) is 0 Å². The Hall–Kier alpha value is -4.05. The average molecular weight is 461 g/mol. The van der Waals surface area contributed by atoms with E-state index in [1.54, 1.807) is 0 Å². The largest absolute Gasteiger partial charge is 0.378 e. The van der Waals surface area contributed by atoms with Gasteiger partial charge in [-0.15, -0.1) is 0 Å². The summed E-state index contributed by atoms with van der Waals surface area (Å²) in [5.41, 5.74) is 7.40. The van der Waals surface area contributed by atoms with Crippen molar-refractivity contribution < 1.29 is 9.53 Å². The average Bonchev–Trinajstić information content (AvgIpc) is 2.84. The molecule has 0 bridgehead atoms. The molecule has 34 heavy (non-hydrogen) atoms. The summed E-state index contributed by atoms with van der Waals surface area (Å²) in [7, 11) is 0. The summed E-state index contributed by atoms with van der Waals surface area (Å²) in [6.45, 7) is 8.07. The first-order chi connectivity index (χ1) is 16.5. The monoisotopic (exact) mass is 460 g/mol. The van der Waals surface area contributed by atoms with Gasteiger partial charge in [0.1, 0.15) is 0 Å². The first kappa shape index (κ1) is 23.1. The molecule has 2 aromatic carbocycles. The number of carbonyl (C=O) groups is 1. The number of anilines is 5. The first-order valence-electron chi connectivity index (χ1n) is 11.1. The lowest BCUT2D eigenvalue weighted by Gasteiger charge is -2.27. The number of nitrogens with zero attached hydrogens (tertiary/aromatic N) is 5. The molecule has 1 fully saturated rings. The molecule has 1 aliphatic rings. The Labute approximate surface area is 198 Å². The van der Waals surface area contributed by atoms with Gasteiger partial charge in [-0.25, -0.2) is 5.43 Å². The molecule has 1 amide bonds. The first-order valence-corrected chi connectivity index (χ1v) is 11.1. The van der Waals surface area contributed by atoms with Gasteiger partial charge in [-0.3, -0.25) is 4.79 Å². The molecule has 0 aliphatic carbocycles. The van der Waals surface area contributed by atoms with Crippen LogP contribution in [-0.2, 0) is 9.53 Å². The summed E-state index contributed by atoms with van der Waals surface area (Å²) >= 11 is 0. The van der Waals surface area contributed by atoms with Crippen molar-refractivity contribution >= 4 is 40.8 Å². The second-order valence-corrected chi connectivity index (χ2v) is 7.94. The Morgan fingerprint density at radius 2 is 1.56 bits per heavy atom. The van der Waals surface area contributed by atoms with Gasteiger partial charge in [0.05, 0.1) is 18.9 Å². The van der Waals surface area contributed by atoms with Crippen molar-refractivity contribution in [2.75, 3.05) is 47.3 Å². The maximum Gasteiger partial charge on any atom is 0.250 e. The number of hydrogen-bond acceptors (Lipinski definition) is 9. The molecule has 10 nitrogen and oxygen atoms in total. The lowest BCUT2D eigenvalue weighted by atomic mass is 10.1. The third-order valence-electron chi connectivity index (χ3n) is 5.17. The molecule has 1 aliphatic heterocycles. The molecule has 3 aromatic rings. The number of carbonyl (C=O) groups excluding carboxylic acids is 1. The molecule has 1 aromatic heterocycles. The van der Waals surface area contributed by atoms with Crippen molar-refractivity contribution in [3.63, 3.8) is 0 Å². The molecule has 0 unspecified atom stereocenters. The summed E-state index contributed by atoms with van der Waals surface area (Å²) in [4.78, 5) is 27.0. The molecule has 0 radical (unpaired) electrons. The molecule has 0 atom stereocenters. The zero-order chi connectivity index (χ0) is 23.9. The van der Waals surface area contributed by atoms with Gasteiger partial charge in [-0.2, -0.15) is 20.1 Å². The van der Waals surface area contributed by atoms with E-state index >= 15 is 0 Å². The van der Waals surface area contributed by atoms with Crippen LogP contribution >= 0.6 is 0 Å². The minimum atomic E-state index is -0.110. The van der Waals surface area contributed by atoms with Gasteiger partial charge in [0, 0.05) is 31.4 Å². The number of amides is 1. The van der Waals surface area contributed by atoms with Gasteiger partial charge >= 0.3 is 0 Å². The van der Waals surface area contributed by atoms with Crippen molar-refractivity contribution in [3.8, 4) is 0 Å². The minimum absolute atomic E-state index is 0.110. The molecule has 0 saturated carbocycles. The maximum atomic E-state index is 11.2. The van der Waals surface area contributed by atoms with E-state index < -0.39 is 0 Å². The van der Waals surface area contributed by atoms with E-state index in [1.807, 2.05) is 62.4 Å². The standard InChI is InChI=1S/C24H28N8O2/c1-16-4-8-21(9-5-16)26-22-27-23(29-24(28-22)32-12-14-34-15-13-32)31-30-17(2)19-6-10-20(11-7-19)25-18(3)33/h4-11H,12-15H2,1-3H3,(H,25,33)(H2,26,27,28,29,31)/b30-17+. The number of hydrazone groups is 1. The molecular formula is C24H28N8O2. The van der Waals surface area contributed by atoms with E-state index in [9.17, 15) is 4.79 Å². The number of rotatable bonds is 7. The smallest absolute Gasteiger partial charge is 0.250 e. The number of nitrogens with one attached hydrogen (secondary N) is 3. The molecule has 0 spiro atoms. The summed E-state index contributed by atoms with van der Waals surface area (Å²) in [5, 5.41) is 10.5. The van der Waals surface area contributed by atoms with Crippen molar-refractivity contribution in [2.24, 2.45) is 5.10 Å². The number of aromatic nitrogens is 3. The van der Waals surface area contributed by atoms with Crippen LogP contribution in [0.5, 0.6) is 0 Å². The molecule has 4 rings (SSSR count). The van der Waals surface area contributed by atoms with Crippen LogP contribution in [-0.4, -0.2) is 52.9 Å². The Balaban J connectivity index is 1.55. The fourth-order valence-corrected chi connectivity index (χ4v) is 3.34. The maximum absolute atomic E-state index is 11.2. The van der Waals surface area contributed by atoms with E-state index in [-0.39, 0.29) is 5.91 Å². The topological polar surface area (TPSA) is 117 Å². The molecule has 2 heterocycles. The van der Waals surface area contributed by atoms with Gasteiger partial charge in [-0.1, -0.05) is 29.8 Å². The van der Waals surface area contributed by atoms with Crippen LogP contribution in [0.15, 0.2) is 53.6 Å². The van der Waals surface area contributed by atoms with Crippen LogP contribution in [0.4, 0.5) is 29.2 Å². The molecule has 10 heteroatoms. The summed E-state index contributed by atoms with van der Waals surface area (Å²) < 4.78 is 5.46. The predicted molar refractivity (Wildman–Crippen MR) is 134 cm³/mol. The van der Waals surface area contributed by atoms with Crippen LogP contribution in [0.1, 0.15) is 25.0 Å². The zero-order valence-electron chi connectivity index (χ0n) is 19.5. The fourth-order valence-electron chi connectivity index (χ4n) is 3.34. The number of hydrogen-bond donors (Lipinski definition) is 3. The van der Waals surface area contributed by atoms with Gasteiger partial charge in [0.15, 0.2) is 0 Å². The van der Waals surface area contributed by atoms with E-state index in [0.717, 1.165) is 22.6 Å². The highest BCUT2D eigenvalue weighted by Gasteiger charge is 2.17. The normalized spacial score (nSPS) is 14.0. The second kappa shape index (κ2) is 10.7. The van der Waals surface area contributed by atoms with Crippen molar-refractivity contribution in [1.82, 2.24) is 15.0 Å². The van der Waals surface area contributed by atoms with Gasteiger partial charge in [0.2, 0.25) is 23.8 Å². The Kier molecular flexibility index (Phi) is 7.28. The fraction of sp³-hybridized carbons (Fsp3) is 0.292. The molecular weight excluding hydrogens is 432 g/mol. The molecule has 1 saturated heterocycles. The van der Waals surface area contributed by atoms with Gasteiger partial charge < -0.3 is 20.3 Å². The van der Waals surface area contributed by atoms with Crippen molar-refractivity contribution in [2.45, 2.75) is 20.8 Å². The third-order valence-corrected chi connectivity index (χ3v) is 5.17. The minimum Gasteiger partial charge on any atom is -0.378 e. The van der Waals surface area contributed by atoms with Crippen molar-refractivity contribution in [3.05, 3.63) is 59.7 Å². The van der Waals surface area contributed by atoms with E-state index in [4.69, 9.17) is 4.74 Å². The van der Waals surface area contributed by atoms with Gasteiger partial charge in [-0.05, 0) is 43.7 Å². The van der Waals surface area contributed by atoms with Crippen molar-refractivity contribution in [1.29, 1.82) is 0 Å². The zero-order valence-corrected chi connectivity index (χ0v) is 19.5. The highest BCUT2D eigenvalue weighted by molar-refractivity contribution is 5.99. The van der Waals surface area contributed by atoms with E-state index in [1.165, 1.54) is 12.5 Å². The molecule has 176 valence electrons. The third kappa shape index (κ3) is 6.26. The number of ether oxygens (including phenoxy) is 1.